The summed E-state index contributed by atoms with van der Waals surface area (Å²) in [6.07, 6.45) is -1.59. The van der Waals surface area contributed by atoms with Gasteiger partial charge in [-0.25, -0.2) is 0 Å². The highest BCUT2D eigenvalue weighted by molar-refractivity contribution is 5.29. The number of aromatic hydroxyl groups is 1. The topological polar surface area (TPSA) is 33.1 Å². The molecule has 1 aromatic heterocycles. The quantitative estimate of drug-likeness (QED) is 0.809. The Hall–Kier alpha value is -1.26. The summed E-state index contributed by atoms with van der Waals surface area (Å²) in [6.45, 7) is 8.10. The maximum atomic E-state index is 10.4. The van der Waals surface area contributed by atoms with Crippen LogP contribution in [0.5, 0.6) is 5.75 Å². The van der Waals surface area contributed by atoms with Gasteiger partial charge in [0, 0.05) is 12.6 Å². The number of pyridine rings is 1. The normalized spacial score (nSPS) is 9.65. The van der Waals surface area contributed by atoms with Crippen LogP contribution in [0.4, 0.5) is 13.2 Å². The van der Waals surface area contributed by atoms with Gasteiger partial charge in [-0.1, -0.05) is 20.8 Å². The lowest BCUT2D eigenvalue weighted by atomic mass is 10.2. The minimum atomic E-state index is -4.00. The maximum Gasteiger partial charge on any atom is 0.386 e. The number of hydrogen-bond acceptors (Lipinski definition) is 2. The summed E-state index contributed by atoms with van der Waals surface area (Å²) in [5, 5.41) is 9.08. The molecule has 0 aliphatic carbocycles. The molecule has 0 spiro atoms. The SMILES string of the molecule is CC.CC(F)(F)F.CCc1cc(C)c(O)cn1. The van der Waals surface area contributed by atoms with Gasteiger partial charge in [0.15, 0.2) is 0 Å². The van der Waals surface area contributed by atoms with E-state index in [9.17, 15) is 13.2 Å². The first-order valence-electron chi connectivity index (χ1n) is 5.45. The number of alkyl halides is 3. The smallest absolute Gasteiger partial charge is 0.386 e. The van der Waals surface area contributed by atoms with Crippen LogP contribution in [0, 0.1) is 6.92 Å². The number of nitrogens with zero attached hydrogens (tertiary/aromatic N) is 1. The lowest BCUT2D eigenvalue weighted by Crippen LogP contribution is -1.95. The van der Waals surface area contributed by atoms with Crippen molar-refractivity contribution in [1.82, 2.24) is 4.98 Å². The van der Waals surface area contributed by atoms with Gasteiger partial charge in [0.25, 0.3) is 0 Å². The molecular weight excluding hydrogens is 231 g/mol. The van der Waals surface area contributed by atoms with Crippen LogP contribution in [-0.4, -0.2) is 16.3 Å². The third kappa shape index (κ3) is 12.7. The lowest BCUT2D eigenvalue weighted by molar-refractivity contribution is -0.110. The fourth-order valence-corrected chi connectivity index (χ4v) is 0.800. The van der Waals surface area contributed by atoms with E-state index in [2.05, 4.69) is 4.98 Å². The molecule has 1 heterocycles. The van der Waals surface area contributed by atoms with Crippen molar-refractivity contribution in [3.63, 3.8) is 0 Å². The second-order valence-corrected chi connectivity index (χ2v) is 3.10. The van der Waals surface area contributed by atoms with E-state index in [1.54, 1.807) is 0 Å². The van der Waals surface area contributed by atoms with Gasteiger partial charge in [0.1, 0.15) is 5.75 Å². The van der Waals surface area contributed by atoms with Crippen LogP contribution in [0.25, 0.3) is 0 Å². The van der Waals surface area contributed by atoms with Crippen molar-refractivity contribution in [3.05, 3.63) is 23.5 Å². The molecule has 0 aliphatic heterocycles. The van der Waals surface area contributed by atoms with Crippen LogP contribution >= 0.6 is 0 Å². The first-order chi connectivity index (χ1) is 7.74. The van der Waals surface area contributed by atoms with Crippen LogP contribution < -0.4 is 0 Å². The summed E-state index contributed by atoms with van der Waals surface area (Å²) in [4.78, 5) is 4.01. The van der Waals surface area contributed by atoms with E-state index in [-0.39, 0.29) is 12.7 Å². The van der Waals surface area contributed by atoms with Gasteiger partial charge >= 0.3 is 6.18 Å². The standard InChI is InChI=1S/C8H11NO.C2H3F3.C2H6/c1-3-7-4-6(2)8(10)5-9-7;1-2(3,4)5;1-2/h4-5,10H,3H2,1-2H3;1H3;1-2H3. The van der Waals surface area contributed by atoms with E-state index >= 15 is 0 Å². The minimum absolute atomic E-state index is 0.188. The van der Waals surface area contributed by atoms with Crippen LogP contribution in [0.2, 0.25) is 0 Å². The van der Waals surface area contributed by atoms with Crippen molar-refractivity contribution in [2.75, 3.05) is 0 Å². The second-order valence-electron chi connectivity index (χ2n) is 3.10. The molecular formula is C12H20F3NO. The van der Waals surface area contributed by atoms with Gasteiger partial charge in [-0.2, -0.15) is 13.2 Å². The highest BCUT2D eigenvalue weighted by Gasteiger charge is 2.15. The predicted molar refractivity (Wildman–Crippen MR) is 63.1 cm³/mol. The third-order valence-electron chi connectivity index (χ3n) is 1.50. The van der Waals surface area contributed by atoms with Gasteiger partial charge in [-0.05, 0) is 25.0 Å². The molecule has 100 valence electrons. The summed E-state index contributed by atoms with van der Waals surface area (Å²) in [7, 11) is 0. The Kier molecular flexibility index (Phi) is 9.42. The zero-order chi connectivity index (χ0) is 14.1. The van der Waals surface area contributed by atoms with Crippen molar-refractivity contribution < 1.29 is 18.3 Å². The van der Waals surface area contributed by atoms with E-state index in [4.69, 9.17) is 5.11 Å². The van der Waals surface area contributed by atoms with Gasteiger partial charge < -0.3 is 5.11 Å². The Bertz CT molecular complexity index is 305. The highest BCUT2D eigenvalue weighted by atomic mass is 19.4. The second kappa shape index (κ2) is 8.84. The molecule has 0 atom stereocenters. The van der Waals surface area contributed by atoms with E-state index in [1.165, 1.54) is 6.20 Å². The summed E-state index contributed by atoms with van der Waals surface area (Å²) >= 11 is 0. The molecule has 0 amide bonds. The molecule has 2 nitrogen and oxygen atoms in total. The molecule has 1 N–H and O–H groups in total. The number of aryl methyl sites for hydroxylation is 2. The van der Waals surface area contributed by atoms with Gasteiger partial charge in [-0.15, -0.1) is 0 Å². The van der Waals surface area contributed by atoms with Gasteiger partial charge in [0.2, 0.25) is 0 Å². The van der Waals surface area contributed by atoms with Crippen molar-refractivity contribution in [2.45, 2.75) is 47.2 Å². The Labute approximate surface area is 101 Å². The van der Waals surface area contributed by atoms with Crippen molar-refractivity contribution in [3.8, 4) is 5.75 Å². The highest BCUT2D eigenvalue weighted by Crippen LogP contribution is 2.14. The van der Waals surface area contributed by atoms with Crippen LogP contribution in [-0.2, 0) is 6.42 Å². The lowest BCUT2D eigenvalue weighted by Gasteiger charge is -1.98. The van der Waals surface area contributed by atoms with Crippen LogP contribution in [0.3, 0.4) is 0 Å². The zero-order valence-corrected chi connectivity index (χ0v) is 10.9. The van der Waals surface area contributed by atoms with Gasteiger partial charge in [0.05, 0.1) is 6.20 Å². The van der Waals surface area contributed by atoms with Gasteiger partial charge in [-0.3, -0.25) is 4.98 Å². The summed E-state index contributed by atoms with van der Waals surface area (Å²) in [5.41, 5.74) is 1.92. The first-order valence-corrected chi connectivity index (χ1v) is 5.45. The molecule has 0 fully saturated rings. The molecule has 0 unspecified atom stereocenters. The van der Waals surface area contributed by atoms with E-state index in [0.29, 0.717) is 0 Å². The number of rotatable bonds is 1. The Morgan fingerprint density at radius 1 is 1.29 bits per heavy atom. The number of halogens is 3. The largest absolute Gasteiger partial charge is 0.506 e. The molecule has 0 bridgehead atoms. The maximum absolute atomic E-state index is 10.4. The Morgan fingerprint density at radius 3 is 2.00 bits per heavy atom. The number of hydrogen-bond donors (Lipinski definition) is 1. The average molecular weight is 251 g/mol. The molecule has 1 rings (SSSR count). The third-order valence-corrected chi connectivity index (χ3v) is 1.50. The molecule has 0 aliphatic rings. The summed E-state index contributed by atoms with van der Waals surface area (Å²) in [6, 6.07) is 1.90. The zero-order valence-electron chi connectivity index (χ0n) is 10.9. The molecule has 0 saturated heterocycles. The van der Waals surface area contributed by atoms with Crippen LogP contribution in [0.1, 0.15) is 39.0 Å². The Balaban J connectivity index is 0. The molecule has 17 heavy (non-hydrogen) atoms. The van der Waals surface area contributed by atoms with Crippen LogP contribution in [0.15, 0.2) is 12.3 Å². The number of aromatic nitrogens is 1. The van der Waals surface area contributed by atoms with E-state index < -0.39 is 6.18 Å². The summed E-state index contributed by atoms with van der Waals surface area (Å²) < 4.78 is 31.1. The fourth-order valence-electron chi connectivity index (χ4n) is 0.800. The predicted octanol–water partition coefficient (Wildman–Crippen LogP) is 4.25. The molecule has 0 saturated carbocycles. The molecule has 1 aromatic rings. The molecule has 5 heteroatoms. The first kappa shape index (κ1) is 18.1. The van der Waals surface area contributed by atoms with Crippen molar-refractivity contribution in [1.29, 1.82) is 0 Å². The summed E-state index contributed by atoms with van der Waals surface area (Å²) in [5.74, 6) is 0.275. The monoisotopic (exact) mass is 251 g/mol. The van der Waals surface area contributed by atoms with Crippen molar-refractivity contribution in [2.24, 2.45) is 0 Å². The van der Waals surface area contributed by atoms with E-state index in [1.807, 2.05) is 33.8 Å². The molecule has 0 radical (unpaired) electrons. The minimum Gasteiger partial charge on any atom is -0.506 e. The van der Waals surface area contributed by atoms with E-state index in [0.717, 1.165) is 17.7 Å². The molecule has 0 aromatic carbocycles. The van der Waals surface area contributed by atoms with Crippen molar-refractivity contribution >= 4 is 0 Å². The fraction of sp³-hybridized carbons (Fsp3) is 0.583. The average Bonchev–Trinajstić information content (AvgIpc) is 2.23. The Morgan fingerprint density at radius 2 is 1.71 bits per heavy atom.